The van der Waals surface area contributed by atoms with Gasteiger partial charge in [-0.15, -0.1) is 11.8 Å². The molecule has 1 aliphatic rings. The van der Waals surface area contributed by atoms with E-state index in [-0.39, 0.29) is 24.6 Å². The number of carbonyl (C=O) groups excluding carboxylic acids is 2. The van der Waals surface area contributed by atoms with Crippen LogP contribution in [0.5, 0.6) is 5.75 Å². The average molecular weight is 757 g/mol. The lowest BCUT2D eigenvalue weighted by atomic mass is 10.0. The lowest BCUT2D eigenvalue weighted by molar-refractivity contribution is -0.137. The molecule has 0 saturated carbocycles. The number of nitrogens with one attached hydrogen (secondary N) is 2. The zero-order valence-corrected chi connectivity index (χ0v) is 30.0. The van der Waals surface area contributed by atoms with Gasteiger partial charge in [0.1, 0.15) is 12.4 Å². The normalized spacial score (nSPS) is 13.1. The summed E-state index contributed by atoms with van der Waals surface area (Å²) in [6, 6.07) is 28.3. The van der Waals surface area contributed by atoms with E-state index in [0.29, 0.717) is 39.6 Å². The number of pyridine rings is 1. The zero-order valence-electron chi connectivity index (χ0n) is 29.2. The summed E-state index contributed by atoms with van der Waals surface area (Å²) >= 11 is 1.54. The molecule has 4 N–H and O–H groups in total. The van der Waals surface area contributed by atoms with E-state index < -0.39 is 23.9 Å². The second-order valence-corrected chi connectivity index (χ2v) is 13.8. The molecule has 0 atom stereocenters. The number of alkyl halides is 3. The van der Waals surface area contributed by atoms with Gasteiger partial charge in [-0.05, 0) is 103 Å². The number of hydrogen-bond acceptors (Lipinski definition) is 8. The maximum Gasteiger partial charge on any atom is 0.416 e. The molecule has 5 aromatic rings. The summed E-state index contributed by atoms with van der Waals surface area (Å²) in [5.74, 6) is 0.267. The topological polar surface area (TPSA) is 124 Å². The fourth-order valence-electron chi connectivity index (χ4n) is 6.05. The van der Waals surface area contributed by atoms with Crippen molar-refractivity contribution < 1.29 is 37.7 Å². The van der Waals surface area contributed by atoms with Crippen LogP contribution in [0.3, 0.4) is 0 Å². The van der Waals surface area contributed by atoms with Gasteiger partial charge >= 0.3 is 6.18 Å². The number of ether oxygens (including phenoxy) is 1. The Kier molecular flexibility index (Phi) is 12.5. The number of hydrogen-bond donors (Lipinski definition) is 4. The first-order valence-corrected chi connectivity index (χ1v) is 18.4. The third-order valence-corrected chi connectivity index (χ3v) is 9.84. The molecule has 2 amide bonds. The van der Waals surface area contributed by atoms with Crippen LogP contribution in [0.4, 0.5) is 24.5 Å². The third-order valence-electron chi connectivity index (χ3n) is 8.78. The molecular formula is C41H39F3N4O5S. The van der Waals surface area contributed by atoms with Gasteiger partial charge in [-0.3, -0.25) is 14.6 Å². The first-order chi connectivity index (χ1) is 26.0. The van der Waals surface area contributed by atoms with Gasteiger partial charge in [-0.25, -0.2) is 0 Å². The molecule has 0 spiro atoms. The Balaban J connectivity index is 1.20. The third kappa shape index (κ3) is 10.4. The highest BCUT2D eigenvalue weighted by molar-refractivity contribution is 7.98. The molecule has 0 aliphatic carbocycles. The van der Waals surface area contributed by atoms with Crippen molar-refractivity contribution in [2.24, 2.45) is 0 Å². The van der Waals surface area contributed by atoms with E-state index in [2.05, 4.69) is 20.5 Å². The summed E-state index contributed by atoms with van der Waals surface area (Å²) in [6.07, 6.45) is -1.28. The van der Waals surface area contributed by atoms with Crippen molar-refractivity contribution in [2.45, 2.75) is 48.9 Å². The predicted octanol–water partition coefficient (Wildman–Crippen LogP) is 7.92. The standard InChI is InChI=1S/C41H39F3N4O5S/c42-41(43,44)31-10-5-7-27(20-31)24-46-39(51)30-15-16-45-37(21-30)35-22-32(48-17-2-1-3-18-48)13-14-36(35)47-40(52)29-9-4-8-28(19-29)26-54-34-12-6-11-33(23-34)53-25-38(49)50/h4-16,19-23,38,49-50H,1-3,17-18,24-26H2,(H,46,51)(H,47,52). The molecule has 13 heteroatoms. The monoisotopic (exact) mass is 756 g/mol. The Morgan fingerprint density at radius 3 is 2.39 bits per heavy atom. The van der Waals surface area contributed by atoms with Gasteiger partial charge in [0, 0.05) is 58.9 Å². The Morgan fingerprint density at radius 1 is 0.833 bits per heavy atom. The number of carbonyl (C=O) groups is 2. The van der Waals surface area contributed by atoms with Gasteiger partial charge in [-0.2, -0.15) is 13.2 Å². The molecule has 1 fully saturated rings. The minimum atomic E-state index is -4.49. The molecule has 6 rings (SSSR count). The van der Waals surface area contributed by atoms with E-state index >= 15 is 0 Å². The van der Waals surface area contributed by atoms with E-state index in [1.54, 1.807) is 30.0 Å². The van der Waals surface area contributed by atoms with E-state index in [4.69, 9.17) is 14.9 Å². The number of thioether (sulfide) groups is 1. The molecule has 0 bridgehead atoms. The largest absolute Gasteiger partial charge is 0.488 e. The van der Waals surface area contributed by atoms with Crippen LogP contribution in [0.15, 0.2) is 114 Å². The van der Waals surface area contributed by atoms with Crippen molar-refractivity contribution in [3.8, 4) is 17.0 Å². The van der Waals surface area contributed by atoms with Crippen LogP contribution in [-0.4, -0.2) is 53.0 Å². The number of piperidine rings is 1. The molecule has 1 saturated heterocycles. The van der Waals surface area contributed by atoms with Crippen molar-refractivity contribution in [1.29, 1.82) is 0 Å². The number of aliphatic hydroxyl groups excluding tert-OH is 1. The van der Waals surface area contributed by atoms with Crippen molar-refractivity contribution in [1.82, 2.24) is 10.3 Å². The highest BCUT2D eigenvalue weighted by Crippen LogP contribution is 2.34. The molecular weight excluding hydrogens is 718 g/mol. The maximum atomic E-state index is 13.7. The minimum Gasteiger partial charge on any atom is -0.488 e. The van der Waals surface area contributed by atoms with Gasteiger partial charge in [0.15, 0.2) is 6.29 Å². The quantitative estimate of drug-likeness (QED) is 0.0706. The van der Waals surface area contributed by atoms with E-state index in [0.717, 1.165) is 60.6 Å². The minimum absolute atomic E-state index is 0.0971. The smallest absolute Gasteiger partial charge is 0.416 e. The number of aliphatic hydroxyl groups is 2. The fraction of sp³-hybridized carbons (Fsp3) is 0.244. The fourth-order valence-corrected chi connectivity index (χ4v) is 6.94. The molecule has 54 heavy (non-hydrogen) atoms. The van der Waals surface area contributed by atoms with Crippen molar-refractivity contribution in [2.75, 3.05) is 29.9 Å². The number of nitrogens with zero attached hydrogens (tertiary/aromatic N) is 2. The number of anilines is 2. The lowest BCUT2D eigenvalue weighted by Crippen LogP contribution is -2.29. The first-order valence-electron chi connectivity index (χ1n) is 17.4. The van der Waals surface area contributed by atoms with Crippen LogP contribution >= 0.6 is 11.8 Å². The summed E-state index contributed by atoms with van der Waals surface area (Å²) in [4.78, 5) is 34.7. The average Bonchev–Trinajstić information content (AvgIpc) is 3.19. The number of benzene rings is 4. The summed E-state index contributed by atoms with van der Waals surface area (Å²) in [6.45, 7) is 1.45. The molecule has 4 aromatic carbocycles. The Labute approximate surface area is 315 Å². The van der Waals surface area contributed by atoms with Crippen molar-refractivity contribution >= 4 is 35.0 Å². The lowest BCUT2D eigenvalue weighted by Gasteiger charge is -2.29. The van der Waals surface area contributed by atoms with E-state index in [1.165, 1.54) is 24.4 Å². The number of aromatic nitrogens is 1. The number of halogens is 3. The molecule has 1 aliphatic heterocycles. The van der Waals surface area contributed by atoms with Crippen molar-refractivity contribution in [3.63, 3.8) is 0 Å². The molecule has 2 heterocycles. The summed E-state index contributed by atoms with van der Waals surface area (Å²) in [5.41, 5.74) is 3.67. The Hall–Kier alpha value is -5.37. The number of rotatable bonds is 13. The highest BCUT2D eigenvalue weighted by Gasteiger charge is 2.30. The zero-order chi connectivity index (χ0) is 38.1. The Morgan fingerprint density at radius 2 is 1.59 bits per heavy atom. The van der Waals surface area contributed by atoms with Gasteiger partial charge in [0.25, 0.3) is 11.8 Å². The van der Waals surface area contributed by atoms with Gasteiger partial charge in [0.05, 0.1) is 16.9 Å². The highest BCUT2D eigenvalue weighted by atomic mass is 32.2. The van der Waals surface area contributed by atoms with Crippen LogP contribution in [-0.2, 0) is 18.5 Å². The molecule has 1 aromatic heterocycles. The maximum absolute atomic E-state index is 13.7. The van der Waals surface area contributed by atoms with E-state index in [9.17, 15) is 22.8 Å². The summed E-state index contributed by atoms with van der Waals surface area (Å²) < 4.78 is 45.0. The van der Waals surface area contributed by atoms with Crippen LogP contribution in [0.1, 0.15) is 56.7 Å². The Bertz CT molecular complexity index is 2090. The van der Waals surface area contributed by atoms with Gasteiger partial charge < -0.3 is 30.5 Å². The summed E-state index contributed by atoms with van der Waals surface area (Å²) in [5, 5.41) is 23.9. The molecule has 0 radical (unpaired) electrons. The van der Waals surface area contributed by atoms with E-state index in [1.807, 2.05) is 54.6 Å². The predicted molar refractivity (Wildman–Crippen MR) is 202 cm³/mol. The van der Waals surface area contributed by atoms with Gasteiger partial charge in [-0.1, -0.05) is 30.3 Å². The molecule has 280 valence electrons. The van der Waals surface area contributed by atoms with Gasteiger partial charge in [0.2, 0.25) is 0 Å². The molecule has 9 nitrogen and oxygen atoms in total. The SMILES string of the molecule is O=C(NCc1cccc(C(F)(F)F)c1)c1ccnc(-c2cc(N3CCCCC3)ccc2NC(=O)c2cccc(CSc3cccc(OCC(O)O)c3)c2)c1. The van der Waals surface area contributed by atoms with Crippen molar-refractivity contribution in [3.05, 3.63) is 137 Å². The van der Waals surface area contributed by atoms with Crippen LogP contribution in [0, 0.1) is 0 Å². The summed E-state index contributed by atoms with van der Waals surface area (Å²) in [7, 11) is 0. The second-order valence-electron chi connectivity index (χ2n) is 12.8. The van der Waals surface area contributed by atoms with Crippen LogP contribution in [0.2, 0.25) is 0 Å². The van der Waals surface area contributed by atoms with Crippen LogP contribution in [0.25, 0.3) is 11.3 Å². The first kappa shape index (κ1) is 38.4. The second kappa shape index (κ2) is 17.6. The molecule has 0 unspecified atom stereocenters. The number of amides is 2. The van der Waals surface area contributed by atoms with Crippen LogP contribution < -0.4 is 20.3 Å².